The molecule has 21 heavy (non-hydrogen) atoms. The molecule has 0 spiro atoms. The Bertz CT molecular complexity index is 608. The van der Waals surface area contributed by atoms with Crippen LogP contribution in [0.5, 0.6) is 5.75 Å². The molecule has 1 saturated carbocycles. The normalized spacial score (nSPS) is 26.3. The van der Waals surface area contributed by atoms with Gasteiger partial charge in [-0.15, -0.1) is 6.58 Å². The van der Waals surface area contributed by atoms with E-state index < -0.39 is 17.3 Å². The maximum absolute atomic E-state index is 11.5. The van der Waals surface area contributed by atoms with E-state index in [1.807, 2.05) is 12.1 Å². The highest BCUT2D eigenvalue weighted by Crippen LogP contribution is 2.54. The molecule has 4 heteroatoms. The SMILES string of the molecule is C=C[C@H]1CC(C#N)(C#N)[C@H](c2ccc(OC)cc2)[C@H]1C=O. The molecule has 0 aromatic heterocycles. The number of benzene rings is 1. The third-order valence-corrected chi connectivity index (χ3v) is 4.30. The molecule has 0 saturated heterocycles. The Balaban J connectivity index is 2.53. The van der Waals surface area contributed by atoms with Gasteiger partial charge in [-0.05, 0) is 30.0 Å². The summed E-state index contributed by atoms with van der Waals surface area (Å²) in [5.41, 5.74) is -0.390. The first kappa shape index (κ1) is 14.8. The van der Waals surface area contributed by atoms with Gasteiger partial charge >= 0.3 is 0 Å². The van der Waals surface area contributed by atoms with E-state index in [2.05, 4.69) is 18.7 Å². The van der Waals surface area contributed by atoms with Crippen LogP contribution in [0.4, 0.5) is 0 Å². The highest BCUT2D eigenvalue weighted by Gasteiger charge is 2.54. The zero-order valence-electron chi connectivity index (χ0n) is 11.8. The van der Waals surface area contributed by atoms with Crippen molar-refractivity contribution in [1.29, 1.82) is 10.5 Å². The number of aldehydes is 1. The van der Waals surface area contributed by atoms with Gasteiger partial charge in [0.05, 0.1) is 19.2 Å². The van der Waals surface area contributed by atoms with Crippen LogP contribution in [0.3, 0.4) is 0 Å². The monoisotopic (exact) mass is 280 g/mol. The second-order valence-corrected chi connectivity index (χ2v) is 5.26. The predicted molar refractivity (Wildman–Crippen MR) is 77.3 cm³/mol. The lowest BCUT2D eigenvalue weighted by molar-refractivity contribution is -0.112. The molecule has 0 N–H and O–H groups in total. The van der Waals surface area contributed by atoms with Gasteiger partial charge in [0.25, 0.3) is 0 Å². The predicted octanol–water partition coefficient (Wildman–Crippen LogP) is 2.83. The van der Waals surface area contributed by atoms with Crippen molar-refractivity contribution in [2.24, 2.45) is 17.3 Å². The Morgan fingerprint density at radius 1 is 1.33 bits per heavy atom. The average Bonchev–Trinajstić information content (AvgIpc) is 2.89. The molecule has 1 aliphatic carbocycles. The van der Waals surface area contributed by atoms with Crippen LogP contribution in [0, 0.1) is 39.9 Å². The first-order valence-corrected chi connectivity index (χ1v) is 6.70. The maximum atomic E-state index is 11.5. The fourth-order valence-corrected chi connectivity index (χ4v) is 3.20. The molecule has 4 nitrogen and oxygen atoms in total. The second-order valence-electron chi connectivity index (χ2n) is 5.26. The highest BCUT2D eigenvalue weighted by atomic mass is 16.5. The Morgan fingerprint density at radius 3 is 2.38 bits per heavy atom. The quantitative estimate of drug-likeness (QED) is 0.628. The summed E-state index contributed by atoms with van der Waals surface area (Å²) in [6, 6.07) is 11.4. The van der Waals surface area contributed by atoms with Gasteiger partial charge in [0.1, 0.15) is 12.0 Å². The van der Waals surface area contributed by atoms with E-state index in [0.29, 0.717) is 12.2 Å². The van der Waals surface area contributed by atoms with Crippen molar-refractivity contribution in [3.63, 3.8) is 0 Å². The number of carbonyl (C=O) groups is 1. The van der Waals surface area contributed by atoms with Gasteiger partial charge < -0.3 is 9.53 Å². The number of nitrogens with zero attached hydrogens (tertiary/aromatic N) is 2. The fraction of sp³-hybridized carbons (Fsp3) is 0.353. The van der Waals surface area contributed by atoms with E-state index in [4.69, 9.17) is 4.74 Å². The van der Waals surface area contributed by atoms with Crippen LogP contribution in [0.25, 0.3) is 0 Å². The van der Waals surface area contributed by atoms with E-state index in [1.54, 1.807) is 25.3 Å². The van der Waals surface area contributed by atoms with Crippen LogP contribution in [-0.2, 0) is 4.79 Å². The lowest BCUT2D eigenvalue weighted by atomic mass is 9.74. The van der Waals surface area contributed by atoms with E-state index >= 15 is 0 Å². The van der Waals surface area contributed by atoms with E-state index in [9.17, 15) is 15.3 Å². The summed E-state index contributed by atoms with van der Waals surface area (Å²) in [5.74, 6) is -0.317. The fourth-order valence-electron chi connectivity index (χ4n) is 3.20. The van der Waals surface area contributed by atoms with Gasteiger partial charge in [-0.3, -0.25) is 0 Å². The first-order valence-electron chi connectivity index (χ1n) is 6.70. The molecule has 2 rings (SSSR count). The Hall–Kier alpha value is -2.59. The van der Waals surface area contributed by atoms with Crippen LogP contribution in [0.15, 0.2) is 36.9 Å². The highest BCUT2D eigenvalue weighted by molar-refractivity contribution is 5.61. The van der Waals surface area contributed by atoms with Gasteiger partial charge in [-0.2, -0.15) is 10.5 Å². The van der Waals surface area contributed by atoms with Gasteiger partial charge in [-0.25, -0.2) is 0 Å². The van der Waals surface area contributed by atoms with E-state index in [-0.39, 0.29) is 5.92 Å². The zero-order chi connectivity index (χ0) is 15.5. The third kappa shape index (κ3) is 2.30. The summed E-state index contributed by atoms with van der Waals surface area (Å²) < 4.78 is 5.12. The van der Waals surface area contributed by atoms with Gasteiger partial charge in [-0.1, -0.05) is 18.2 Å². The summed E-state index contributed by atoms with van der Waals surface area (Å²) in [4.78, 5) is 11.5. The van der Waals surface area contributed by atoms with Crippen molar-refractivity contribution < 1.29 is 9.53 Å². The van der Waals surface area contributed by atoms with Crippen molar-refractivity contribution in [1.82, 2.24) is 0 Å². The number of hydrogen-bond donors (Lipinski definition) is 0. The van der Waals surface area contributed by atoms with E-state index in [0.717, 1.165) is 11.8 Å². The van der Waals surface area contributed by atoms with Gasteiger partial charge in [0.15, 0.2) is 5.41 Å². The molecule has 1 fully saturated rings. The molecule has 3 atom stereocenters. The summed E-state index contributed by atoms with van der Waals surface area (Å²) in [6.07, 6.45) is 2.85. The molecule has 1 aromatic carbocycles. The number of ether oxygens (including phenoxy) is 1. The van der Waals surface area contributed by atoms with Crippen LogP contribution in [-0.4, -0.2) is 13.4 Å². The molecule has 0 radical (unpaired) electrons. The van der Waals surface area contributed by atoms with Crippen LogP contribution >= 0.6 is 0 Å². The molecule has 1 aromatic rings. The van der Waals surface area contributed by atoms with Crippen LogP contribution in [0.2, 0.25) is 0 Å². The van der Waals surface area contributed by atoms with E-state index in [1.165, 1.54) is 0 Å². The smallest absolute Gasteiger partial charge is 0.151 e. The molecule has 0 heterocycles. The maximum Gasteiger partial charge on any atom is 0.151 e. The number of nitriles is 2. The first-order chi connectivity index (χ1) is 10.2. The number of carbonyl (C=O) groups excluding carboxylic acids is 1. The minimum atomic E-state index is -1.20. The molecule has 0 amide bonds. The Morgan fingerprint density at radius 2 is 1.95 bits per heavy atom. The molecular formula is C17H16N2O2. The summed E-state index contributed by atoms with van der Waals surface area (Å²) >= 11 is 0. The summed E-state index contributed by atoms with van der Waals surface area (Å²) in [6.45, 7) is 3.73. The van der Waals surface area contributed by atoms with Crippen molar-refractivity contribution >= 4 is 6.29 Å². The van der Waals surface area contributed by atoms with Crippen LogP contribution < -0.4 is 4.74 Å². The number of rotatable bonds is 4. The number of allylic oxidation sites excluding steroid dienone is 1. The van der Waals surface area contributed by atoms with Crippen molar-refractivity contribution in [2.45, 2.75) is 12.3 Å². The lowest BCUT2D eigenvalue weighted by Crippen LogP contribution is -2.24. The largest absolute Gasteiger partial charge is 0.497 e. The van der Waals surface area contributed by atoms with Crippen molar-refractivity contribution in [3.05, 3.63) is 42.5 Å². The molecule has 0 unspecified atom stereocenters. The number of methoxy groups -OCH3 is 1. The van der Waals surface area contributed by atoms with Crippen LogP contribution in [0.1, 0.15) is 17.9 Å². The minimum absolute atomic E-state index is 0.158. The number of hydrogen-bond acceptors (Lipinski definition) is 4. The van der Waals surface area contributed by atoms with Crippen molar-refractivity contribution in [2.75, 3.05) is 7.11 Å². The van der Waals surface area contributed by atoms with Gasteiger partial charge in [0.2, 0.25) is 0 Å². The second kappa shape index (κ2) is 5.81. The zero-order valence-corrected chi connectivity index (χ0v) is 11.8. The Labute approximate surface area is 124 Å². The Kier molecular flexibility index (Phi) is 4.10. The van der Waals surface area contributed by atoms with Gasteiger partial charge in [0, 0.05) is 11.8 Å². The third-order valence-electron chi connectivity index (χ3n) is 4.30. The van der Waals surface area contributed by atoms with Crippen molar-refractivity contribution in [3.8, 4) is 17.9 Å². The summed E-state index contributed by atoms with van der Waals surface area (Å²) in [7, 11) is 1.57. The molecular weight excluding hydrogens is 264 g/mol. The molecule has 106 valence electrons. The summed E-state index contributed by atoms with van der Waals surface area (Å²) in [5, 5.41) is 19.1. The molecule has 1 aliphatic rings. The molecule has 0 aliphatic heterocycles. The topological polar surface area (TPSA) is 73.9 Å². The standard InChI is InChI=1S/C17H16N2O2/c1-3-12-8-17(10-18,11-19)16(15(12)9-20)13-4-6-14(21-2)7-5-13/h3-7,9,12,15-16H,1,8H2,2H3/t12-,15-,16+/m0/s1. The lowest BCUT2D eigenvalue weighted by Gasteiger charge is -2.24. The minimum Gasteiger partial charge on any atom is -0.497 e. The molecule has 0 bridgehead atoms. The average molecular weight is 280 g/mol.